The average Bonchev–Trinajstić information content (AvgIpc) is 2.94. The van der Waals surface area contributed by atoms with Gasteiger partial charge < -0.3 is 15.5 Å². The molecule has 0 aromatic carbocycles. The molecule has 1 fully saturated rings. The van der Waals surface area contributed by atoms with Gasteiger partial charge >= 0.3 is 0 Å². The molecule has 2 rings (SSSR count). The van der Waals surface area contributed by atoms with Gasteiger partial charge in [-0.25, -0.2) is 0 Å². The first kappa shape index (κ1) is 10.7. The molecule has 0 saturated heterocycles. The molecule has 3 nitrogen and oxygen atoms in total. The third-order valence-electron chi connectivity index (χ3n) is 3.14. The fraction of sp³-hybridized carbons (Fsp3) is 0.667. The van der Waals surface area contributed by atoms with Gasteiger partial charge in [0.2, 0.25) is 0 Å². The van der Waals surface area contributed by atoms with Crippen LogP contribution < -0.4 is 11.1 Å². The molecular weight excluding hydrogens is 188 g/mol. The van der Waals surface area contributed by atoms with E-state index in [2.05, 4.69) is 12.2 Å². The lowest BCUT2D eigenvalue weighted by molar-refractivity contribution is 0.378. The number of furan rings is 1. The molecule has 0 amide bonds. The Labute approximate surface area is 91.0 Å². The molecule has 1 aromatic heterocycles. The monoisotopic (exact) mass is 208 g/mol. The van der Waals surface area contributed by atoms with Crippen molar-refractivity contribution in [3.8, 4) is 0 Å². The van der Waals surface area contributed by atoms with Gasteiger partial charge in [-0.2, -0.15) is 0 Å². The van der Waals surface area contributed by atoms with E-state index >= 15 is 0 Å². The summed E-state index contributed by atoms with van der Waals surface area (Å²) in [7, 11) is 0. The van der Waals surface area contributed by atoms with Gasteiger partial charge in [0.15, 0.2) is 0 Å². The minimum Gasteiger partial charge on any atom is -0.469 e. The van der Waals surface area contributed by atoms with Crippen LogP contribution in [0.3, 0.4) is 0 Å². The molecule has 3 heteroatoms. The van der Waals surface area contributed by atoms with Gasteiger partial charge in [0.1, 0.15) is 5.76 Å². The van der Waals surface area contributed by atoms with Crippen LogP contribution in [0, 0.1) is 5.92 Å². The number of nitrogens with one attached hydrogen (secondary N) is 1. The molecule has 0 spiro atoms. The first-order valence-corrected chi connectivity index (χ1v) is 5.70. The fourth-order valence-corrected chi connectivity index (χ4v) is 1.91. The van der Waals surface area contributed by atoms with Gasteiger partial charge in [-0.05, 0) is 37.8 Å². The Bertz CT molecular complexity index is 289. The van der Waals surface area contributed by atoms with Gasteiger partial charge in [0.25, 0.3) is 0 Å². The van der Waals surface area contributed by atoms with Gasteiger partial charge in [0, 0.05) is 25.0 Å². The van der Waals surface area contributed by atoms with Crippen LogP contribution in [-0.2, 0) is 6.42 Å². The molecule has 0 bridgehead atoms. The predicted molar refractivity (Wildman–Crippen MR) is 60.6 cm³/mol. The number of nitrogens with two attached hydrogens (primary N) is 1. The quantitative estimate of drug-likeness (QED) is 0.697. The number of hydrogen-bond acceptors (Lipinski definition) is 3. The number of hydrogen-bond donors (Lipinski definition) is 2. The Balaban J connectivity index is 1.62. The average molecular weight is 208 g/mol. The van der Waals surface area contributed by atoms with Gasteiger partial charge in [-0.15, -0.1) is 0 Å². The Kier molecular flexibility index (Phi) is 3.12. The van der Waals surface area contributed by atoms with E-state index in [0.29, 0.717) is 0 Å². The summed E-state index contributed by atoms with van der Waals surface area (Å²) in [6.45, 7) is 3.98. The summed E-state index contributed by atoms with van der Waals surface area (Å²) < 4.78 is 5.25. The van der Waals surface area contributed by atoms with Crippen LogP contribution in [0.1, 0.15) is 25.5 Å². The Morgan fingerprint density at radius 1 is 1.60 bits per heavy atom. The number of rotatable bonds is 6. The van der Waals surface area contributed by atoms with Gasteiger partial charge in [-0.1, -0.05) is 0 Å². The maximum Gasteiger partial charge on any atom is 0.105 e. The van der Waals surface area contributed by atoms with E-state index < -0.39 is 0 Å². The largest absolute Gasteiger partial charge is 0.469 e. The molecule has 1 aromatic rings. The first-order chi connectivity index (χ1) is 7.18. The Morgan fingerprint density at radius 2 is 2.40 bits per heavy atom. The van der Waals surface area contributed by atoms with Crippen LogP contribution in [0.2, 0.25) is 0 Å². The molecule has 0 aliphatic heterocycles. The van der Waals surface area contributed by atoms with Crippen molar-refractivity contribution in [2.75, 3.05) is 13.1 Å². The Morgan fingerprint density at radius 3 is 3.00 bits per heavy atom. The van der Waals surface area contributed by atoms with Crippen molar-refractivity contribution in [2.45, 2.75) is 31.7 Å². The van der Waals surface area contributed by atoms with E-state index in [1.165, 1.54) is 12.8 Å². The summed E-state index contributed by atoms with van der Waals surface area (Å²) in [5.41, 5.74) is 6.17. The van der Waals surface area contributed by atoms with E-state index in [1.807, 2.05) is 12.1 Å². The maximum absolute atomic E-state index is 6.20. The molecule has 1 saturated carbocycles. The van der Waals surface area contributed by atoms with Crippen LogP contribution >= 0.6 is 0 Å². The zero-order valence-corrected chi connectivity index (χ0v) is 9.33. The zero-order chi connectivity index (χ0) is 10.7. The van der Waals surface area contributed by atoms with Crippen molar-refractivity contribution in [3.05, 3.63) is 24.2 Å². The van der Waals surface area contributed by atoms with Gasteiger partial charge in [-0.3, -0.25) is 0 Å². The highest BCUT2D eigenvalue weighted by Gasteiger charge is 2.37. The Hall–Kier alpha value is -0.800. The molecule has 84 valence electrons. The fourth-order valence-electron chi connectivity index (χ4n) is 1.91. The lowest BCUT2D eigenvalue weighted by Gasteiger charge is -2.24. The molecule has 15 heavy (non-hydrogen) atoms. The predicted octanol–water partition coefficient (Wildman–Crippen LogP) is 1.54. The minimum atomic E-state index is -0.0246. The highest BCUT2D eigenvalue weighted by Crippen LogP contribution is 2.37. The summed E-state index contributed by atoms with van der Waals surface area (Å²) in [5, 5.41) is 3.40. The van der Waals surface area contributed by atoms with E-state index in [9.17, 15) is 0 Å². The molecule has 1 aliphatic rings. The van der Waals surface area contributed by atoms with E-state index in [4.69, 9.17) is 10.2 Å². The second-order valence-corrected chi connectivity index (χ2v) is 4.79. The maximum atomic E-state index is 6.20. The molecule has 1 atom stereocenters. The minimum absolute atomic E-state index is 0.0246. The summed E-state index contributed by atoms with van der Waals surface area (Å²) in [6.07, 6.45) is 5.25. The highest BCUT2D eigenvalue weighted by atomic mass is 16.3. The van der Waals surface area contributed by atoms with Crippen molar-refractivity contribution in [1.29, 1.82) is 0 Å². The van der Waals surface area contributed by atoms with E-state index in [-0.39, 0.29) is 5.54 Å². The van der Waals surface area contributed by atoms with E-state index in [1.54, 1.807) is 6.26 Å². The lowest BCUT2D eigenvalue weighted by atomic mass is 9.97. The molecule has 1 aliphatic carbocycles. The second kappa shape index (κ2) is 4.37. The standard InChI is InChI=1S/C12H20N2O/c1-12(13,10-4-5-10)9-14-7-6-11-3-2-8-15-11/h2-3,8,10,14H,4-7,9,13H2,1H3. The molecule has 1 unspecified atom stereocenters. The third kappa shape index (κ3) is 3.08. The highest BCUT2D eigenvalue weighted by molar-refractivity contribution is 4.99. The lowest BCUT2D eigenvalue weighted by Crippen LogP contribution is -2.48. The van der Waals surface area contributed by atoms with Crippen molar-refractivity contribution in [1.82, 2.24) is 5.32 Å². The second-order valence-electron chi connectivity index (χ2n) is 4.79. The van der Waals surface area contributed by atoms with Crippen molar-refractivity contribution >= 4 is 0 Å². The van der Waals surface area contributed by atoms with Crippen molar-refractivity contribution in [2.24, 2.45) is 11.7 Å². The van der Waals surface area contributed by atoms with Crippen LogP contribution in [0.5, 0.6) is 0 Å². The third-order valence-corrected chi connectivity index (χ3v) is 3.14. The van der Waals surface area contributed by atoms with Crippen LogP contribution in [0.25, 0.3) is 0 Å². The topological polar surface area (TPSA) is 51.2 Å². The summed E-state index contributed by atoms with van der Waals surface area (Å²) in [4.78, 5) is 0. The van der Waals surface area contributed by atoms with Crippen LogP contribution in [0.4, 0.5) is 0 Å². The summed E-state index contributed by atoms with van der Waals surface area (Å²) in [5.74, 6) is 1.77. The van der Waals surface area contributed by atoms with Crippen molar-refractivity contribution < 1.29 is 4.42 Å². The zero-order valence-electron chi connectivity index (χ0n) is 9.33. The van der Waals surface area contributed by atoms with Crippen LogP contribution in [-0.4, -0.2) is 18.6 Å². The first-order valence-electron chi connectivity index (χ1n) is 5.70. The molecule has 3 N–H and O–H groups in total. The summed E-state index contributed by atoms with van der Waals surface area (Å²) in [6, 6.07) is 3.93. The summed E-state index contributed by atoms with van der Waals surface area (Å²) >= 11 is 0. The van der Waals surface area contributed by atoms with E-state index in [0.717, 1.165) is 31.2 Å². The smallest absolute Gasteiger partial charge is 0.105 e. The van der Waals surface area contributed by atoms with Crippen molar-refractivity contribution in [3.63, 3.8) is 0 Å². The molecule has 1 heterocycles. The molecule has 0 radical (unpaired) electrons. The molecular formula is C12H20N2O. The van der Waals surface area contributed by atoms with Gasteiger partial charge in [0.05, 0.1) is 6.26 Å². The normalized spacial score (nSPS) is 20.1. The SMILES string of the molecule is CC(N)(CNCCc1ccco1)C1CC1. The van der Waals surface area contributed by atoms with Crippen LogP contribution in [0.15, 0.2) is 22.8 Å².